The van der Waals surface area contributed by atoms with Crippen LogP contribution >= 0.6 is 0 Å². The summed E-state index contributed by atoms with van der Waals surface area (Å²) in [4.78, 5) is 46.2. The standard InChI is InChI=1S/2C18H36O4/c2*1-7-12-16(3,4)19-21-18(14-10-9-11-15-18)22-20-17(5,6)13-8-2/h2*7-15H2,1-6H3. The Morgan fingerprint density at radius 1 is 0.364 bits per heavy atom. The van der Waals surface area contributed by atoms with E-state index in [0.717, 1.165) is 103 Å². The van der Waals surface area contributed by atoms with Crippen molar-refractivity contribution in [2.24, 2.45) is 0 Å². The Morgan fingerprint density at radius 2 is 0.568 bits per heavy atom. The third-order valence-electron chi connectivity index (χ3n) is 8.32. The van der Waals surface area contributed by atoms with Gasteiger partial charge in [-0.05, 0) is 107 Å². The lowest BCUT2D eigenvalue weighted by atomic mass is 9.94. The molecule has 0 radical (unpaired) electrons. The minimum atomic E-state index is -0.756. The van der Waals surface area contributed by atoms with Crippen molar-refractivity contribution < 1.29 is 39.1 Å². The highest BCUT2D eigenvalue weighted by atomic mass is 17.3. The van der Waals surface area contributed by atoms with Crippen molar-refractivity contribution in [3.63, 3.8) is 0 Å². The number of rotatable bonds is 20. The number of hydrogen-bond donors (Lipinski definition) is 0. The van der Waals surface area contributed by atoms with Crippen LogP contribution in [-0.4, -0.2) is 34.0 Å². The van der Waals surface area contributed by atoms with Gasteiger partial charge in [-0.2, -0.15) is 19.6 Å². The van der Waals surface area contributed by atoms with Crippen molar-refractivity contribution in [1.82, 2.24) is 0 Å². The molecule has 2 aliphatic rings. The maximum absolute atomic E-state index is 5.81. The molecule has 0 aromatic heterocycles. The second-order valence-electron chi connectivity index (χ2n) is 15.6. The molecule has 0 bridgehead atoms. The van der Waals surface area contributed by atoms with E-state index in [-0.39, 0.29) is 22.4 Å². The van der Waals surface area contributed by atoms with Gasteiger partial charge in [-0.15, -0.1) is 0 Å². The van der Waals surface area contributed by atoms with Gasteiger partial charge in [-0.1, -0.05) is 66.2 Å². The summed E-state index contributed by atoms with van der Waals surface area (Å²) in [6, 6.07) is 0. The van der Waals surface area contributed by atoms with E-state index in [0.29, 0.717) is 0 Å². The molecule has 2 fully saturated rings. The SMILES string of the molecule is CCCC(C)(C)OOC1(OOC(C)(C)CCC)CCCCC1.CCCC(C)(C)OOC1(OOC(C)(C)CCC)CCCCC1. The van der Waals surface area contributed by atoms with E-state index in [1.165, 1.54) is 12.8 Å². The molecular formula is C36H72O8. The average Bonchev–Trinajstić information content (AvgIpc) is 2.95. The van der Waals surface area contributed by atoms with E-state index in [4.69, 9.17) is 39.1 Å². The normalized spacial score (nSPS) is 19.4. The quantitative estimate of drug-likeness (QED) is 0.0745. The zero-order valence-corrected chi connectivity index (χ0v) is 31.0. The Morgan fingerprint density at radius 3 is 0.750 bits per heavy atom. The van der Waals surface area contributed by atoms with E-state index >= 15 is 0 Å². The topological polar surface area (TPSA) is 73.8 Å². The van der Waals surface area contributed by atoms with Crippen molar-refractivity contribution >= 4 is 0 Å². The van der Waals surface area contributed by atoms with Crippen molar-refractivity contribution in [1.29, 1.82) is 0 Å². The fourth-order valence-electron chi connectivity index (χ4n) is 5.87. The maximum Gasteiger partial charge on any atom is 0.234 e. The van der Waals surface area contributed by atoms with Crippen molar-refractivity contribution in [2.75, 3.05) is 0 Å². The molecule has 0 spiro atoms. The van der Waals surface area contributed by atoms with Gasteiger partial charge in [0.15, 0.2) is 0 Å². The summed E-state index contributed by atoms with van der Waals surface area (Å²) in [5, 5.41) is 0. The molecule has 2 aliphatic carbocycles. The minimum absolute atomic E-state index is 0.304. The summed E-state index contributed by atoms with van der Waals surface area (Å²) in [5.74, 6) is -1.51. The first kappa shape index (κ1) is 41.7. The van der Waals surface area contributed by atoms with Crippen LogP contribution in [0.15, 0.2) is 0 Å². The molecule has 0 saturated heterocycles. The predicted molar refractivity (Wildman–Crippen MR) is 176 cm³/mol. The molecule has 0 aromatic carbocycles. The first-order chi connectivity index (χ1) is 20.5. The molecule has 0 atom stereocenters. The lowest BCUT2D eigenvalue weighted by Gasteiger charge is -2.38. The lowest BCUT2D eigenvalue weighted by Crippen LogP contribution is -2.43. The Balaban J connectivity index is 0.000000440. The predicted octanol–water partition coefficient (Wildman–Crippen LogP) is 11.4. The summed E-state index contributed by atoms with van der Waals surface area (Å²) in [5.41, 5.74) is -1.22. The van der Waals surface area contributed by atoms with Crippen LogP contribution in [0.5, 0.6) is 0 Å². The Bertz CT molecular complexity index is 626. The van der Waals surface area contributed by atoms with E-state index in [9.17, 15) is 0 Å². The van der Waals surface area contributed by atoms with E-state index in [2.05, 4.69) is 83.1 Å². The highest BCUT2D eigenvalue weighted by molar-refractivity contribution is 4.76. The first-order valence-corrected chi connectivity index (χ1v) is 18.0. The van der Waals surface area contributed by atoms with E-state index in [1.54, 1.807) is 0 Å². The van der Waals surface area contributed by atoms with Crippen LogP contribution in [0.3, 0.4) is 0 Å². The lowest BCUT2D eigenvalue weighted by molar-refractivity contribution is -0.548. The highest BCUT2D eigenvalue weighted by Crippen LogP contribution is 2.38. The molecule has 2 rings (SSSR count). The molecule has 0 aromatic rings. The molecule has 0 aliphatic heterocycles. The number of hydrogen-bond acceptors (Lipinski definition) is 8. The molecule has 0 unspecified atom stereocenters. The third-order valence-corrected chi connectivity index (χ3v) is 8.32. The summed E-state index contributed by atoms with van der Waals surface area (Å²) in [6.07, 6.45) is 18.0. The molecule has 2 saturated carbocycles. The van der Waals surface area contributed by atoms with Crippen molar-refractivity contribution in [2.45, 2.75) is 233 Å². The van der Waals surface area contributed by atoms with Crippen molar-refractivity contribution in [3.8, 4) is 0 Å². The highest BCUT2D eigenvalue weighted by Gasteiger charge is 2.42. The van der Waals surface area contributed by atoms with Gasteiger partial charge in [0, 0.05) is 25.7 Å². The largest absolute Gasteiger partial charge is 0.234 e. The van der Waals surface area contributed by atoms with Gasteiger partial charge in [0.25, 0.3) is 0 Å². The Hall–Kier alpha value is -0.320. The zero-order chi connectivity index (χ0) is 33.4. The minimum Gasteiger partial charge on any atom is -0.228 e. The molecule has 0 amide bonds. The van der Waals surface area contributed by atoms with Gasteiger partial charge >= 0.3 is 0 Å². The van der Waals surface area contributed by atoms with Crippen LogP contribution < -0.4 is 0 Å². The maximum atomic E-state index is 5.81. The van der Waals surface area contributed by atoms with Gasteiger partial charge in [0.2, 0.25) is 11.6 Å². The van der Waals surface area contributed by atoms with Crippen LogP contribution in [0, 0.1) is 0 Å². The molecule has 0 heterocycles. The van der Waals surface area contributed by atoms with Gasteiger partial charge < -0.3 is 0 Å². The Labute approximate surface area is 271 Å². The third kappa shape index (κ3) is 17.0. The fourth-order valence-corrected chi connectivity index (χ4v) is 5.87. The van der Waals surface area contributed by atoms with Gasteiger partial charge in [-0.25, -0.2) is 19.6 Å². The van der Waals surface area contributed by atoms with E-state index in [1.807, 2.05) is 0 Å². The second-order valence-corrected chi connectivity index (χ2v) is 15.6. The van der Waals surface area contributed by atoms with Gasteiger partial charge in [0.1, 0.15) is 0 Å². The molecule has 0 N–H and O–H groups in total. The van der Waals surface area contributed by atoms with Crippen LogP contribution in [-0.2, 0) is 39.1 Å². The van der Waals surface area contributed by atoms with Gasteiger partial charge in [0.05, 0.1) is 22.4 Å². The smallest absolute Gasteiger partial charge is 0.228 e. The average molecular weight is 633 g/mol. The van der Waals surface area contributed by atoms with Crippen molar-refractivity contribution in [3.05, 3.63) is 0 Å². The summed E-state index contributed by atoms with van der Waals surface area (Å²) in [7, 11) is 0. The first-order valence-electron chi connectivity index (χ1n) is 18.0. The van der Waals surface area contributed by atoms with Crippen LogP contribution in [0.1, 0.15) is 199 Å². The fraction of sp³-hybridized carbons (Fsp3) is 1.00. The van der Waals surface area contributed by atoms with Crippen LogP contribution in [0.4, 0.5) is 0 Å². The monoisotopic (exact) mass is 633 g/mol. The Kier molecular flexibility index (Phi) is 18.5. The molecule has 8 heteroatoms. The summed E-state index contributed by atoms with van der Waals surface area (Å²) in [6.45, 7) is 25.0. The van der Waals surface area contributed by atoms with Crippen LogP contribution in [0.25, 0.3) is 0 Å². The van der Waals surface area contributed by atoms with E-state index < -0.39 is 11.6 Å². The molecular weight excluding hydrogens is 560 g/mol. The summed E-state index contributed by atoms with van der Waals surface area (Å²) >= 11 is 0. The second kappa shape index (κ2) is 19.5. The molecule has 264 valence electrons. The molecule has 44 heavy (non-hydrogen) atoms. The summed E-state index contributed by atoms with van der Waals surface area (Å²) < 4.78 is 0. The zero-order valence-electron chi connectivity index (χ0n) is 31.0. The van der Waals surface area contributed by atoms with Crippen LogP contribution in [0.2, 0.25) is 0 Å². The molecule has 8 nitrogen and oxygen atoms in total. The van der Waals surface area contributed by atoms with Gasteiger partial charge in [-0.3, -0.25) is 0 Å².